The maximum absolute atomic E-state index is 12.0. The molecule has 2 rings (SSSR count). The molecule has 4 heteroatoms. The molecule has 1 heterocycles. The van der Waals surface area contributed by atoms with Crippen molar-refractivity contribution in [3.63, 3.8) is 0 Å². The Morgan fingerprint density at radius 3 is 2.71 bits per heavy atom. The second-order valence-electron chi connectivity index (χ2n) is 6.79. The molecule has 1 N–H and O–H groups in total. The van der Waals surface area contributed by atoms with Crippen LogP contribution < -0.4 is 10.1 Å². The monoisotopic (exact) mass is 291 g/mol. The number of carbonyl (C=O) groups excluding carboxylic acids is 1. The minimum absolute atomic E-state index is 0.0534. The second kappa shape index (κ2) is 5.96. The molecule has 0 saturated heterocycles. The van der Waals surface area contributed by atoms with Crippen molar-refractivity contribution < 1.29 is 14.3 Å². The van der Waals surface area contributed by atoms with Gasteiger partial charge in [-0.05, 0) is 44.4 Å². The van der Waals surface area contributed by atoms with Crippen LogP contribution in [0.25, 0.3) is 0 Å². The minimum atomic E-state index is -0.488. The summed E-state index contributed by atoms with van der Waals surface area (Å²) in [6.07, 6.45) is 0.378. The van der Waals surface area contributed by atoms with Gasteiger partial charge < -0.3 is 14.8 Å². The van der Waals surface area contributed by atoms with E-state index in [4.69, 9.17) is 9.47 Å². The number of nitrogens with one attached hydrogen (secondary N) is 1. The Bertz CT molecular complexity index is 517. The largest absolute Gasteiger partial charge is 0.493 e. The van der Waals surface area contributed by atoms with Gasteiger partial charge in [-0.3, -0.25) is 0 Å². The van der Waals surface area contributed by atoms with E-state index in [1.165, 1.54) is 5.56 Å². The molecular formula is C17H25NO3. The van der Waals surface area contributed by atoms with Gasteiger partial charge in [-0.15, -0.1) is 0 Å². The molecule has 21 heavy (non-hydrogen) atoms. The average molecular weight is 291 g/mol. The number of ether oxygens (including phenoxy) is 2. The highest BCUT2D eigenvalue weighted by Gasteiger charge is 2.26. The van der Waals surface area contributed by atoms with Crippen LogP contribution in [-0.2, 0) is 4.74 Å². The second-order valence-corrected chi connectivity index (χ2v) is 6.79. The van der Waals surface area contributed by atoms with E-state index in [1.54, 1.807) is 0 Å². The number of fused-ring (bicyclic) bond motifs is 1. The normalized spacial score (nSPS) is 17.9. The zero-order valence-electron chi connectivity index (χ0n) is 13.5. The first-order valence-electron chi connectivity index (χ1n) is 7.52. The predicted octanol–water partition coefficient (Wildman–Crippen LogP) is 4.16. The summed E-state index contributed by atoms with van der Waals surface area (Å²) in [5, 5.41) is 2.96. The van der Waals surface area contributed by atoms with Crippen molar-refractivity contribution in [2.45, 2.75) is 58.6 Å². The van der Waals surface area contributed by atoms with Crippen LogP contribution in [0, 0.1) is 0 Å². The number of alkyl carbamates (subject to hydrolysis) is 1. The molecule has 116 valence electrons. The van der Waals surface area contributed by atoms with Crippen LogP contribution in [0.3, 0.4) is 0 Å². The highest BCUT2D eigenvalue weighted by atomic mass is 16.6. The van der Waals surface area contributed by atoms with E-state index >= 15 is 0 Å². The van der Waals surface area contributed by atoms with Crippen molar-refractivity contribution in [2.75, 3.05) is 6.61 Å². The number of rotatable bonds is 2. The van der Waals surface area contributed by atoms with E-state index in [0.29, 0.717) is 12.5 Å². The fourth-order valence-corrected chi connectivity index (χ4v) is 2.37. The molecule has 1 aliphatic rings. The Labute approximate surface area is 126 Å². The highest BCUT2D eigenvalue weighted by molar-refractivity contribution is 5.68. The van der Waals surface area contributed by atoms with E-state index in [9.17, 15) is 4.79 Å². The first-order chi connectivity index (χ1) is 9.76. The third kappa shape index (κ3) is 4.13. The zero-order chi connectivity index (χ0) is 15.6. The summed E-state index contributed by atoms with van der Waals surface area (Å²) in [6.45, 7) is 10.5. The molecule has 0 fully saturated rings. The Balaban J connectivity index is 2.17. The molecule has 1 atom stereocenters. The minimum Gasteiger partial charge on any atom is -0.493 e. The SMILES string of the molecule is CC(C)c1ccc2c(c1)[C@@H](NC(=O)OC(C)(C)C)CCO2. The molecule has 1 aromatic rings. The molecule has 1 aliphatic heterocycles. The topological polar surface area (TPSA) is 47.6 Å². The van der Waals surface area contributed by atoms with Gasteiger partial charge in [0.2, 0.25) is 0 Å². The van der Waals surface area contributed by atoms with Crippen LogP contribution in [-0.4, -0.2) is 18.3 Å². The smallest absolute Gasteiger partial charge is 0.408 e. The summed E-state index contributed by atoms with van der Waals surface area (Å²) in [6, 6.07) is 6.15. The maximum atomic E-state index is 12.0. The van der Waals surface area contributed by atoms with Crippen LogP contribution in [0.4, 0.5) is 4.79 Å². The van der Waals surface area contributed by atoms with Gasteiger partial charge in [0.05, 0.1) is 12.6 Å². The van der Waals surface area contributed by atoms with Gasteiger partial charge in [-0.2, -0.15) is 0 Å². The van der Waals surface area contributed by atoms with Gasteiger partial charge >= 0.3 is 6.09 Å². The Morgan fingerprint density at radius 2 is 2.10 bits per heavy atom. The lowest BCUT2D eigenvalue weighted by Crippen LogP contribution is -2.36. The number of carbonyl (C=O) groups is 1. The third-order valence-electron chi connectivity index (χ3n) is 3.43. The van der Waals surface area contributed by atoms with Gasteiger partial charge in [0.25, 0.3) is 0 Å². The van der Waals surface area contributed by atoms with Crippen LogP contribution >= 0.6 is 0 Å². The van der Waals surface area contributed by atoms with Crippen molar-refractivity contribution in [1.82, 2.24) is 5.32 Å². The van der Waals surface area contributed by atoms with Gasteiger partial charge in [-0.25, -0.2) is 4.79 Å². The van der Waals surface area contributed by atoms with Gasteiger partial charge in [-0.1, -0.05) is 19.9 Å². The van der Waals surface area contributed by atoms with Crippen molar-refractivity contribution in [2.24, 2.45) is 0 Å². The molecule has 0 bridgehead atoms. The molecule has 0 aromatic heterocycles. The molecule has 0 saturated carbocycles. The first-order valence-corrected chi connectivity index (χ1v) is 7.52. The lowest BCUT2D eigenvalue weighted by Gasteiger charge is -2.29. The molecule has 0 radical (unpaired) electrons. The van der Waals surface area contributed by atoms with Crippen molar-refractivity contribution in [3.8, 4) is 5.75 Å². The average Bonchev–Trinajstić information content (AvgIpc) is 2.36. The van der Waals surface area contributed by atoms with E-state index in [0.717, 1.165) is 17.7 Å². The Morgan fingerprint density at radius 1 is 1.38 bits per heavy atom. The predicted molar refractivity (Wildman–Crippen MR) is 82.8 cm³/mol. The van der Waals surface area contributed by atoms with Crippen LogP contribution in [0.5, 0.6) is 5.75 Å². The Hall–Kier alpha value is -1.71. The van der Waals surface area contributed by atoms with Crippen molar-refractivity contribution in [1.29, 1.82) is 0 Å². The fourth-order valence-electron chi connectivity index (χ4n) is 2.37. The van der Waals surface area contributed by atoms with Crippen molar-refractivity contribution in [3.05, 3.63) is 29.3 Å². The molecular weight excluding hydrogens is 266 g/mol. The Kier molecular flexibility index (Phi) is 4.45. The number of benzene rings is 1. The number of hydrogen-bond acceptors (Lipinski definition) is 3. The quantitative estimate of drug-likeness (QED) is 0.890. The summed E-state index contributed by atoms with van der Waals surface area (Å²) in [4.78, 5) is 12.0. The van der Waals surface area contributed by atoms with E-state index in [1.807, 2.05) is 26.8 Å². The van der Waals surface area contributed by atoms with Crippen LogP contribution in [0.2, 0.25) is 0 Å². The lowest BCUT2D eigenvalue weighted by molar-refractivity contribution is 0.0491. The maximum Gasteiger partial charge on any atom is 0.408 e. The van der Waals surface area contributed by atoms with E-state index in [2.05, 4.69) is 31.3 Å². The molecule has 4 nitrogen and oxygen atoms in total. The zero-order valence-corrected chi connectivity index (χ0v) is 13.5. The molecule has 1 aromatic carbocycles. The number of hydrogen-bond donors (Lipinski definition) is 1. The van der Waals surface area contributed by atoms with Crippen LogP contribution in [0.1, 0.15) is 64.1 Å². The molecule has 0 spiro atoms. The van der Waals surface area contributed by atoms with E-state index in [-0.39, 0.29) is 12.1 Å². The first kappa shape index (κ1) is 15.7. The summed E-state index contributed by atoms with van der Waals surface area (Å²) >= 11 is 0. The van der Waals surface area contributed by atoms with Crippen molar-refractivity contribution >= 4 is 6.09 Å². The fraction of sp³-hybridized carbons (Fsp3) is 0.588. The van der Waals surface area contributed by atoms with Crippen LogP contribution in [0.15, 0.2) is 18.2 Å². The highest BCUT2D eigenvalue weighted by Crippen LogP contribution is 2.34. The lowest BCUT2D eigenvalue weighted by atomic mass is 9.94. The van der Waals surface area contributed by atoms with E-state index < -0.39 is 5.60 Å². The third-order valence-corrected chi connectivity index (χ3v) is 3.43. The standard InChI is InChI=1S/C17H25NO3/c1-11(2)12-6-7-15-13(10-12)14(8-9-20-15)18-16(19)21-17(3,4)5/h6-7,10-11,14H,8-9H2,1-5H3,(H,18,19)/t14-/m0/s1. The van der Waals surface area contributed by atoms with Gasteiger partial charge in [0.15, 0.2) is 0 Å². The molecule has 0 aliphatic carbocycles. The van der Waals surface area contributed by atoms with Gasteiger partial charge in [0, 0.05) is 12.0 Å². The molecule has 1 amide bonds. The summed E-state index contributed by atoms with van der Waals surface area (Å²) in [7, 11) is 0. The summed E-state index contributed by atoms with van der Waals surface area (Å²) in [5.41, 5.74) is 1.80. The summed E-state index contributed by atoms with van der Waals surface area (Å²) < 4.78 is 11.0. The number of amides is 1. The summed E-state index contributed by atoms with van der Waals surface area (Å²) in [5.74, 6) is 1.30. The van der Waals surface area contributed by atoms with Gasteiger partial charge in [0.1, 0.15) is 11.4 Å². The molecule has 0 unspecified atom stereocenters.